The summed E-state index contributed by atoms with van der Waals surface area (Å²) in [7, 11) is 1.63. The Bertz CT molecular complexity index is 620. The van der Waals surface area contributed by atoms with Crippen LogP contribution in [0.15, 0.2) is 30.5 Å². The standard InChI is InChI=1S/C15H19N3O2S/c1-15(2,9-16)18-13(19)12-8-17-14(21-12)10-4-6-11(20-3)7-5-10/h4-8H,9,16H2,1-3H3,(H,18,19). The second kappa shape index (κ2) is 6.24. The molecule has 21 heavy (non-hydrogen) atoms. The molecule has 0 aliphatic carbocycles. The molecule has 0 fully saturated rings. The van der Waals surface area contributed by atoms with Gasteiger partial charge >= 0.3 is 0 Å². The number of benzene rings is 1. The average molecular weight is 305 g/mol. The Kier molecular flexibility index (Phi) is 4.59. The van der Waals surface area contributed by atoms with E-state index >= 15 is 0 Å². The number of ether oxygens (including phenoxy) is 1. The van der Waals surface area contributed by atoms with Crippen molar-refractivity contribution >= 4 is 17.2 Å². The molecule has 0 saturated heterocycles. The molecule has 1 heterocycles. The number of rotatable bonds is 5. The van der Waals surface area contributed by atoms with Gasteiger partial charge in [0.2, 0.25) is 0 Å². The van der Waals surface area contributed by atoms with E-state index in [4.69, 9.17) is 10.5 Å². The molecule has 0 bridgehead atoms. The van der Waals surface area contributed by atoms with Crippen molar-refractivity contribution in [2.75, 3.05) is 13.7 Å². The fraction of sp³-hybridized carbons (Fsp3) is 0.333. The van der Waals surface area contributed by atoms with Gasteiger partial charge in [0, 0.05) is 17.6 Å². The molecule has 0 aliphatic heterocycles. The molecule has 0 aliphatic rings. The molecule has 3 N–H and O–H groups in total. The second-order valence-electron chi connectivity index (χ2n) is 5.30. The Labute approximate surface area is 128 Å². The zero-order valence-electron chi connectivity index (χ0n) is 12.3. The van der Waals surface area contributed by atoms with Crippen molar-refractivity contribution in [2.45, 2.75) is 19.4 Å². The fourth-order valence-corrected chi connectivity index (χ4v) is 2.48. The predicted octanol–water partition coefficient (Wildman–Crippen LogP) is 2.29. The molecule has 0 spiro atoms. The first-order valence-corrected chi connectivity index (χ1v) is 7.39. The molecule has 6 heteroatoms. The largest absolute Gasteiger partial charge is 0.497 e. The predicted molar refractivity (Wildman–Crippen MR) is 84.7 cm³/mol. The molecule has 0 unspecified atom stereocenters. The molecule has 0 radical (unpaired) electrons. The van der Waals surface area contributed by atoms with E-state index in [-0.39, 0.29) is 5.91 Å². The normalized spacial score (nSPS) is 11.2. The van der Waals surface area contributed by atoms with Gasteiger partial charge in [0.15, 0.2) is 0 Å². The molecular weight excluding hydrogens is 286 g/mol. The molecule has 5 nitrogen and oxygen atoms in total. The van der Waals surface area contributed by atoms with Crippen molar-refractivity contribution in [1.29, 1.82) is 0 Å². The second-order valence-corrected chi connectivity index (χ2v) is 6.33. The van der Waals surface area contributed by atoms with E-state index in [0.717, 1.165) is 16.3 Å². The van der Waals surface area contributed by atoms with Crippen LogP contribution in [-0.2, 0) is 0 Å². The van der Waals surface area contributed by atoms with Crippen molar-refractivity contribution in [3.63, 3.8) is 0 Å². The van der Waals surface area contributed by atoms with Gasteiger partial charge in [0.05, 0.1) is 13.3 Å². The van der Waals surface area contributed by atoms with Gasteiger partial charge in [-0.3, -0.25) is 4.79 Å². The maximum atomic E-state index is 12.1. The maximum Gasteiger partial charge on any atom is 0.263 e. The van der Waals surface area contributed by atoms with Crippen LogP contribution in [-0.4, -0.2) is 30.1 Å². The third-order valence-corrected chi connectivity index (χ3v) is 4.07. The number of carbonyl (C=O) groups is 1. The van der Waals surface area contributed by atoms with Crippen molar-refractivity contribution in [2.24, 2.45) is 5.73 Å². The molecule has 112 valence electrons. The van der Waals surface area contributed by atoms with E-state index in [2.05, 4.69) is 10.3 Å². The Morgan fingerprint density at radius 2 is 2.05 bits per heavy atom. The Morgan fingerprint density at radius 3 is 2.62 bits per heavy atom. The van der Waals surface area contributed by atoms with Crippen LogP contribution in [0.5, 0.6) is 5.75 Å². The van der Waals surface area contributed by atoms with Crippen LogP contribution < -0.4 is 15.8 Å². The summed E-state index contributed by atoms with van der Waals surface area (Å²) in [5.74, 6) is 0.640. The number of nitrogens with zero attached hydrogens (tertiary/aromatic N) is 1. The van der Waals surface area contributed by atoms with Gasteiger partial charge in [0.1, 0.15) is 15.6 Å². The van der Waals surface area contributed by atoms with Crippen LogP contribution in [0.2, 0.25) is 0 Å². The lowest BCUT2D eigenvalue weighted by molar-refractivity contribution is 0.0919. The van der Waals surface area contributed by atoms with E-state index in [1.807, 2.05) is 38.1 Å². The van der Waals surface area contributed by atoms with Gasteiger partial charge < -0.3 is 15.8 Å². The summed E-state index contributed by atoms with van der Waals surface area (Å²) >= 11 is 1.35. The fourth-order valence-electron chi connectivity index (χ4n) is 1.67. The number of amides is 1. The van der Waals surface area contributed by atoms with Crippen LogP contribution in [0.1, 0.15) is 23.5 Å². The number of thiazole rings is 1. The smallest absolute Gasteiger partial charge is 0.263 e. The lowest BCUT2D eigenvalue weighted by Crippen LogP contribution is -2.48. The number of aromatic nitrogens is 1. The first kappa shape index (κ1) is 15.5. The first-order chi connectivity index (χ1) is 9.95. The van der Waals surface area contributed by atoms with Gasteiger partial charge in [-0.2, -0.15) is 0 Å². The monoisotopic (exact) mass is 305 g/mol. The molecular formula is C15H19N3O2S. The van der Waals surface area contributed by atoms with Gasteiger partial charge in [-0.05, 0) is 38.1 Å². The molecule has 2 rings (SSSR count). The molecule has 0 atom stereocenters. The first-order valence-electron chi connectivity index (χ1n) is 6.58. The summed E-state index contributed by atoms with van der Waals surface area (Å²) in [4.78, 5) is 17.0. The summed E-state index contributed by atoms with van der Waals surface area (Å²) in [6, 6.07) is 7.58. The third-order valence-electron chi connectivity index (χ3n) is 3.03. The van der Waals surface area contributed by atoms with E-state index in [1.165, 1.54) is 11.3 Å². The van der Waals surface area contributed by atoms with Gasteiger partial charge in [-0.15, -0.1) is 11.3 Å². The number of nitrogens with one attached hydrogen (secondary N) is 1. The van der Waals surface area contributed by atoms with Crippen LogP contribution in [0, 0.1) is 0 Å². The number of nitrogens with two attached hydrogens (primary N) is 1. The quantitative estimate of drug-likeness (QED) is 0.888. The summed E-state index contributed by atoms with van der Waals surface area (Å²) in [5, 5.41) is 3.69. The molecule has 1 amide bonds. The van der Waals surface area contributed by atoms with E-state index < -0.39 is 5.54 Å². The van der Waals surface area contributed by atoms with Crippen molar-refractivity contribution < 1.29 is 9.53 Å². The lowest BCUT2D eigenvalue weighted by Gasteiger charge is -2.23. The highest BCUT2D eigenvalue weighted by Crippen LogP contribution is 2.27. The van der Waals surface area contributed by atoms with Crippen molar-refractivity contribution in [3.05, 3.63) is 35.3 Å². The highest BCUT2D eigenvalue weighted by Gasteiger charge is 2.21. The molecule has 1 aromatic heterocycles. The maximum absolute atomic E-state index is 12.1. The molecule has 2 aromatic rings. The average Bonchev–Trinajstić information content (AvgIpc) is 2.97. The zero-order chi connectivity index (χ0) is 15.5. The third kappa shape index (κ3) is 3.80. The SMILES string of the molecule is COc1ccc(-c2ncc(C(=O)NC(C)(C)CN)s2)cc1. The van der Waals surface area contributed by atoms with Gasteiger partial charge in [0.25, 0.3) is 5.91 Å². The highest BCUT2D eigenvalue weighted by atomic mass is 32.1. The Hall–Kier alpha value is -1.92. The summed E-state index contributed by atoms with van der Waals surface area (Å²) in [6.45, 7) is 4.15. The topological polar surface area (TPSA) is 77.2 Å². The number of methoxy groups -OCH3 is 1. The molecule has 0 saturated carbocycles. The Balaban J connectivity index is 2.15. The summed E-state index contributed by atoms with van der Waals surface area (Å²) < 4.78 is 5.12. The van der Waals surface area contributed by atoms with Crippen molar-refractivity contribution in [3.8, 4) is 16.3 Å². The van der Waals surface area contributed by atoms with Crippen molar-refractivity contribution in [1.82, 2.24) is 10.3 Å². The van der Waals surface area contributed by atoms with E-state index in [1.54, 1.807) is 13.3 Å². The summed E-state index contributed by atoms with van der Waals surface area (Å²) in [5.41, 5.74) is 6.14. The minimum Gasteiger partial charge on any atom is -0.497 e. The molecule has 1 aromatic carbocycles. The number of hydrogen-bond donors (Lipinski definition) is 2. The highest BCUT2D eigenvalue weighted by molar-refractivity contribution is 7.16. The number of carbonyl (C=O) groups excluding carboxylic acids is 1. The van der Waals surface area contributed by atoms with Gasteiger partial charge in [-0.25, -0.2) is 4.98 Å². The summed E-state index contributed by atoms with van der Waals surface area (Å²) in [6.07, 6.45) is 1.59. The van der Waals surface area contributed by atoms with Gasteiger partial charge in [-0.1, -0.05) is 0 Å². The Morgan fingerprint density at radius 1 is 1.38 bits per heavy atom. The minimum absolute atomic E-state index is 0.150. The minimum atomic E-state index is -0.429. The number of hydrogen-bond acceptors (Lipinski definition) is 5. The van der Waals surface area contributed by atoms with Crippen LogP contribution in [0.25, 0.3) is 10.6 Å². The van der Waals surface area contributed by atoms with E-state index in [9.17, 15) is 4.79 Å². The van der Waals surface area contributed by atoms with Crippen LogP contribution >= 0.6 is 11.3 Å². The van der Waals surface area contributed by atoms with Crippen LogP contribution in [0.3, 0.4) is 0 Å². The van der Waals surface area contributed by atoms with E-state index in [0.29, 0.717) is 11.4 Å². The lowest BCUT2D eigenvalue weighted by atomic mass is 10.1. The zero-order valence-corrected chi connectivity index (χ0v) is 13.2. The van der Waals surface area contributed by atoms with Crippen LogP contribution in [0.4, 0.5) is 0 Å².